The summed E-state index contributed by atoms with van der Waals surface area (Å²) in [5, 5.41) is 17.1. The second-order valence-corrected chi connectivity index (χ2v) is 6.00. The van der Waals surface area contributed by atoms with Crippen molar-refractivity contribution in [2.24, 2.45) is 5.92 Å². The summed E-state index contributed by atoms with van der Waals surface area (Å²) in [6.45, 7) is 6.19. The van der Waals surface area contributed by atoms with Gasteiger partial charge in [-0.2, -0.15) is 0 Å². The lowest BCUT2D eigenvalue weighted by Crippen LogP contribution is -2.47. The quantitative estimate of drug-likeness (QED) is 0.716. The zero-order valence-corrected chi connectivity index (χ0v) is 12.8. The zero-order chi connectivity index (χ0) is 15.1. The molecular formula is C13H21N3O3S. The molecule has 0 saturated heterocycles. The first-order chi connectivity index (χ1) is 9.38. The maximum atomic E-state index is 11.6. The van der Waals surface area contributed by atoms with Crippen LogP contribution in [-0.4, -0.2) is 34.7 Å². The molecule has 20 heavy (non-hydrogen) atoms. The number of carboxylic acids is 1. The van der Waals surface area contributed by atoms with Crippen LogP contribution in [0.4, 0.5) is 4.79 Å². The molecule has 112 valence electrons. The Kier molecular flexibility index (Phi) is 6.44. The highest BCUT2D eigenvalue weighted by Gasteiger charge is 2.20. The minimum atomic E-state index is -1.01. The number of hydrogen-bond donors (Lipinski definition) is 3. The molecule has 7 heteroatoms. The molecule has 0 radical (unpaired) electrons. The SMILES string of the molecule is Cc1csc(CCNC(=O)N[C@H](CC(C)C)C(=O)O)n1. The van der Waals surface area contributed by atoms with Crippen molar-refractivity contribution in [1.82, 2.24) is 15.6 Å². The minimum absolute atomic E-state index is 0.203. The van der Waals surface area contributed by atoms with E-state index in [9.17, 15) is 9.59 Å². The molecule has 0 unspecified atom stereocenters. The van der Waals surface area contributed by atoms with E-state index in [0.717, 1.165) is 10.7 Å². The number of nitrogens with zero attached hydrogens (tertiary/aromatic N) is 1. The molecule has 1 atom stereocenters. The summed E-state index contributed by atoms with van der Waals surface area (Å²) in [4.78, 5) is 26.9. The average molecular weight is 299 g/mol. The van der Waals surface area contributed by atoms with Gasteiger partial charge in [-0.3, -0.25) is 0 Å². The summed E-state index contributed by atoms with van der Waals surface area (Å²) in [6, 6.07) is -1.30. The monoisotopic (exact) mass is 299 g/mol. The maximum absolute atomic E-state index is 11.6. The fraction of sp³-hybridized carbons (Fsp3) is 0.615. The van der Waals surface area contributed by atoms with Crippen LogP contribution in [0, 0.1) is 12.8 Å². The third-order valence-corrected chi connectivity index (χ3v) is 3.63. The van der Waals surface area contributed by atoms with E-state index in [1.807, 2.05) is 26.2 Å². The summed E-state index contributed by atoms with van der Waals surface area (Å²) in [7, 11) is 0. The number of aromatic nitrogens is 1. The van der Waals surface area contributed by atoms with Gasteiger partial charge in [0.2, 0.25) is 0 Å². The van der Waals surface area contributed by atoms with Crippen molar-refractivity contribution in [3.8, 4) is 0 Å². The number of thiazole rings is 1. The Labute approximate surface area is 122 Å². The summed E-state index contributed by atoms with van der Waals surface area (Å²) in [5.74, 6) is -0.806. The van der Waals surface area contributed by atoms with Crippen LogP contribution in [0.2, 0.25) is 0 Å². The molecule has 1 rings (SSSR count). The molecule has 0 aliphatic rings. The third kappa shape index (κ3) is 6.01. The molecule has 1 aromatic heterocycles. The van der Waals surface area contributed by atoms with Gasteiger partial charge in [0, 0.05) is 24.0 Å². The maximum Gasteiger partial charge on any atom is 0.326 e. The summed E-state index contributed by atoms with van der Waals surface area (Å²) >= 11 is 1.55. The van der Waals surface area contributed by atoms with Crippen molar-refractivity contribution in [2.45, 2.75) is 39.7 Å². The van der Waals surface area contributed by atoms with Gasteiger partial charge in [-0.05, 0) is 19.3 Å². The number of amides is 2. The summed E-state index contributed by atoms with van der Waals surface area (Å²) in [5.41, 5.74) is 0.970. The Balaban J connectivity index is 2.32. The zero-order valence-electron chi connectivity index (χ0n) is 12.0. The predicted octanol–water partition coefficient (Wildman–Crippen LogP) is 1.79. The first-order valence-electron chi connectivity index (χ1n) is 6.56. The first-order valence-corrected chi connectivity index (χ1v) is 7.44. The number of aryl methyl sites for hydroxylation is 1. The molecule has 1 heterocycles. The van der Waals surface area contributed by atoms with E-state index in [1.165, 1.54) is 0 Å². The fourth-order valence-corrected chi connectivity index (χ4v) is 2.48. The van der Waals surface area contributed by atoms with Gasteiger partial charge in [0.15, 0.2) is 0 Å². The van der Waals surface area contributed by atoms with E-state index in [0.29, 0.717) is 19.4 Å². The Hall–Kier alpha value is -1.63. The topological polar surface area (TPSA) is 91.3 Å². The van der Waals surface area contributed by atoms with Gasteiger partial charge in [0.25, 0.3) is 0 Å². The van der Waals surface area contributed by atoms with Crippen molar-refractivity contribution in [3.05, 3.63) is 16.1 Å². The molecular weight excluding hydrogens is 278 g/mol. The second-order valence-electron chi connectivity index (χ2n) is 5.05. The molecule has 0 aliphatic heterocycles. The highest BCUT2D eigenvalue weighted by molar-refractivity contribution is 7.09. The van der Waals surface area contributed by atoms with Gasteiger partial charge in [0.1, 0.15) is 6.04 Å². The van der Waals surface area contributed by atoms with Crippen LogP contribution in [-0.2, 0) is 11.2 Å². The number of carbonyl (C=O) groups excluding carboxylic acids is 1. The van der Waals surface area contributed by atoms with Crippen LogP contribution in [0.5, 0.6) is 0 Å². The molecule has 0 spiro atoms. The predicted molar refractivity (Wildman–Crippen MR) is 78.0 cm³/mol. The Bertz CT molecular complexity index is 459. The standard InChI is InChI=1S/C13H21N3O3S/c1-8(2)6-10(12(17)18)16-13(19)14-5-4-11-15-9(3)7-20-11/h7-8,10H,4-6H2,1-3H3,(H,17,18)(H2,14,16,19)/t10-/m1/s1. The number of carbonyl (C=O) groups is 2. The molecule has 2 amide bonds. The lowest BCUT2D eigenvalue weighted by Gasteiger charge is -2.16. The smallest absolute Gasteiger partial charge is 0.326 e. The van der Waals surface area contributed by atoms with E-state index in [2.05, 4.69) is 15.6 Å². The number of hydrogen-bond acceptors (Lipinski definition) is 4. The third-order valence-electron chi connectivity index (χ3n) is 2.60. The van der Waals surface area contributed by atoms with Crippen LogP contribution >= 0.6 is 11.3 Å². The van der Waals surface area contributed by atoms with E-state index in [4.69, 9.17) is 5.11 Å². The summed E-state index contributed by atoms with van der Waals surface area (Å²) in [6.07, 6.45) is 1.06. The van der Waals surface area contributed by atoms with Crippen molar-refractivity contribution in [2.75, 3.05) is 6.54 Å². The highest BCUT2D eigenvalue weighted by atomic mass is 32.1. The second kappa shape index (κ2) is 7.84. The molecule has 1 aromatic rings. The lowest BCUT2D eigenvalue weighted by molar-refractivity contribution is -0.139. The van der Waals surface area contributed by atoms with E-state index >= 15 is 0 Å². The number of aliphatic carboxylic acids is 1. The van der Waals surface area contributed by atoms with E-state index in [-0.39, 0.29) is 5.92 Å². The van der Waals surface area contributed by atoms with Gasteiger partial charge < -0.3 is 15.7 Å². The van der Waals surface area contributed by atoms with Gasteiger partial charge in [-0.1, -0.05) is 13.8 Å². The molecule has 0 aromatic carbocycles. The number of rotatable bonds is 7. The molecule has 6 nitrogen and oxygen atoms in total. The van der Waals surface area contributed by atoms with E-state index in [1.54, 1.807) is 11.3 Å². The molecule has 0 bridgehead atoms. The molecule has 0 saturated carbocycles. The Morgan fingerprint density at radius 1 is 1.45 bits per heavy atom. The van der Waals surface area contributed by atoms with Crippen molar-refractivity contribution in [3.63, 3.8) is 0 Å². The van der Waals surface area contributed by atoms with Crippen molar-refractivity contribution in [1.29, 1.82) is 0 Å². The number of carboxylic acid groups (broad SMARTS) is 1. The van der Waals surface area contributed by atoms with Gasteiger partial charge in [0.05, 0.1) is 5.01 Å². The lowest BCUT2D eigenvalue weighted by atomic mass is 10.0. The largest absolute Gasteiger partial charge is 0.480 e. The van der Waals surface area contributed by atoms with Gasteiger partial charge >= 0.3 is 12.0 Å². The van der Waals surface area contributed by atoms with Crippen molar-refractivity contribution < 1.29 is 14.7 Å². The molecule has 3 N–H and O–H groups in total. The van der Waals surface area contributed by atoms with Crippen molar-refractivity contribution >= 4 is 23.3 Å². The van der Waals surface area contributed by atoms with E-state index < -0.39 is 18.0 Å². The Morgan fingerprint density at radius 2 is 2.15 bits per heavy atom. The van der Waals surface area contributed by atoms with Crippen LogP contribution < -0.4 is 10.6 Å². The van der Waals surface area contributed by atoms with Crippen LogP contribution in [0.1, 0.15) is 31.0 Å². The molecule has 0 fully saturated rings. The normalized spacial score (nSPS) is 12.2. The number of nitrogens with one attached hydrogen (secondary N) is 2. The summed E-state index contributed by atoms with van der Waals surface area (Å²) < 4.78 is 0. The average Bonchev–Trinajstić information content (AvgIpc) is 2.73. The highest BCUT2D eigenvalue weighted by Crippen LogP contribution is 2.08. The van der Waals surface area contributed by atoms with Gasteiger partial charge in [-0.15, -0.1) is 11.3 Å². The fourth-order valence-electron chi connectivity index (χ4n) is 1.70. The van der Waals surface area contributed by atoms with Crippen LogP contribution in [0.25, 0.3) is 0 Å². The van der Waals surface area contributed by atoms with Crippen LogP contribution in [0.15, 0.2) is 5.38 Å². The number of urea groups is 1. The molecule has 0 aliphatic carbocycles. The van der Waals surface area contributed by atoms with Gasteiger partial charge in [-0.25, -0.2) is 14.6 Å². The first kappa shape index (κ1) is 16.4. The minimum Gasteiger partial charge on any atom is -0.480 e. The Morgan fingerprint density at radius 3 is 2.65 bits per heavy atom. The van der Waals surface area contributed by atoms with Crippen LogP contribution in [0.3, 0.4) is 0 Å².